The van der Waals surface area contributed by atoms with Crippen molar-refractivity contribution in [2.45, 2.75) is 48.5 Å². The van der Waals surface area contributed by atoms with Gasteiger partial charge in [-0.05, 0) is 26.3 Å². The first kappa shape index (κ1) is 21.0. The Morgan fingerprint density at radius 3 is 1.71 bits per heavy atom. The average Bonchev–Trinajstić information content (AvgIpc) is 2.43. The molecule has 0 heterocycles. The Balaban J connectivity index is -0.000000439. The summed E-state index contributed by atoms with van der Waals surface area (Å²) in [6.45, 7) is 17.8. The van der Waals surface area contributed by atoms with Crippen molar-refractivity contribution < 1.29 is 0 Å². The normalized spacial score (nSPS) is 11.7. The van der Waals surface area contributed by atoms with E-state index in [9.17, 15) is 0 Å². The van der Waals surface area contributed by atoms with Gasteiger partial charge in [0.15, 0.2) is 0 Å². The summed E-state index contributed by atoms with van der Waals surface area (Å²) < 4.78 is 0. The van der Waals surface area contributed by atoms with Crippen LogP contribution in [0.5, 0.6) is 0 Å². The predicted octanol–water partition coefficient (Wildman–Crippen LogP) is 6.25. The predicted molar refractivity (Wildman–Crippen MR) is 84.4 cm³/mol. The van der Waals surface area contributed by atoms with E-state index >= 15 is 0 Å². The minimum absolute atomic E-state index is 1.20. The average molecular weight is 234 g/mol. The highest BCUT2D eigenvalue weighted by Crippen LogP contribution is 2.03. The van der Waals surface area contributed by atoms with Crippen LogP contribution in [-0.4, -0.2) is 0 Å². The molecule has 0 aliphatic rings. The van der Waals surface area contributed by atoms with Gasteiger partial charge in [0, 0.05) is 0 Å². The molecule has 0 aromatic rings. The fourth-order valence-electron chi connectivity index (χ4n) is 0.751. The van der Waals surface area contributed by atoms with E-state index in [1.54, 1.807) is 6.08 Å². The van der Waals surface area contributed by atoms with Gasteiger partial charge in [-0.2, -0.15) is 0 Å². The van der Waals surface area contributed by atoms with Crippen LogP contribution in [0.25, 0.3) is 0 Å². The zero-order chi connectivity index (χ0) is 14.1. The molecule has 0 bridgehead atoms. The number of hydrogen-bond acceptors (Lipinski definition) is 0. The molecule has 0 nitrogen and oxygen atoms in total. The topological polar surface area (TPSA) is 0 Å². The van der Waals surface area contributed by atoms with Crippen molar-refractivity contribution in [2.75, 3.05) is 0 Å². The summed E-state index contributed by atoms with van der Waals surface area (Å²) >= 11 is 0. The molecule has 0 aromatic carbocycles. The Bertz CT molecular complexity index is 260. The van der Waals surface area contributed by atoms with Gasteiger partial charge >= 0.3 is 0 Å². The molecule has 0 rings (SSSR count). The second kappa shape index (κ2) is 20.2. The quantitative estimate of drug-likeness (QED) is 0.504. The molecule has 0 atom stereocenters. The second-order valence-corrected chi connectivity index (χ2v) is 2.75. The van der Waals surface area contributed by atoms with Gasteiger partial charge in [-0.15, -0.1) is 0 Å². The van der Waals surface area contributed by atoms with Crippen LogP contribution in [-0.2, 0) is 0 Å². The van der Waals surface area contributed by atoms with E-state index in [1.165, 1.54) is 11.1 Å². The third kappa shape index (κ3) is 17.3. The third-order valence-corrected chi connectivity index (χ3v) is 1.75. The molecular weight excluding hydrogens is 204 g/mol. The maximum Gasteiger partial charge on any atom is -0.0299 e. The van der Waals surface area contributed by atoms with Crippen LogP contribution in [0.2, 0.25) is 0 Å². The van der Waals surface area contributed by atoms with Crippen LogP contribution in [0.3, 0.4) is 0 Å². The molecule has 0 saturated carbocycles. The lowest BCUT2D eigenvalue weighted by Gasteiger charge is -1.91. The molecular formula is C17H30. The van der Waals surface area contributed by atoms with Gasteiger partial charge < -0.3 is 0 Å². The van der Waals surface area contributed by atoms with Crippen LogP contribution in [0, 0.1) is 0 Å². The Labute approximate surface area is 109 Å². The Hall–Kier alpha value is -1.30. The van der Waals surface area contributed by atoms with Crippen LogP contribution in [0.15, 0.2) is 60.3 Å². The van der Waals surface area contributed by atoms with E-state index in [0.29, 0.717) is 0 Å². The van der Waals surface area contributed by atoms with Gasteiger partial charge in [0.25, 0.3) is 0 Å². The van der Waals surface area contributed by atoms with E-state index in [1.807, 2.05) is 53.7 Å². The smallest absolute Gasteiger partial charge is 0.0299 e. The van der Waals surface area contributed by atoms with Crippen molar-refractivity contribution in [1.29, 1.82) is 0 Å². The molecule has 0 heteroatoms. The number of allylic oxidation sites excluding steroid dienone is 9. The van der Waals surface area contributed by atoms with Crippen LogP contribution in [0.1, 0.15) is 48.5 Å². The van der Waals surface area contributed by atoms with E-state index in [4.69, 9.17) is 0 Å². The molecule has 0 spiro atoms. The van der Waals surface area contributed by atoms with Crippen molar-refractivity contribution in [2.24, 2.45) is 0 Å². The summed E-state index contributed by atoms with van der Waals surface area (Å²) in [7, 11) is 0. The Morgan fingerprint density at radius 1 is 0.824 bits per heavy atom. The van der Waals surface area contributed by atoms with Gasteiger partial charge in [-0.3, -0.25) is 0 Å². The molecule has 0 aliphatic heterocycles. The lowest BCUT2D eigenvalue weighted by atomic mass is 10.1. The molecule has 0 N–H and O–H groups in total. The monoisotopic (exact) mass is 234 g/mol. The first-order chi connectivity index (χ1) is 8.24. The standard InChI is InChI=1S/C13H18.2C2H6/c1-5-8-9-13(7-3)11-10-12(4)6-2;2*1-2/h5-11H,1H2,2-4H3;2*1-2H3/b9-8-,11-10+,12-6+,13-7+;;. The molecule has 0 saturated heterocycles. The minimum Gasteiger partial charge on any atom is -0.0991 e. The van der Waals surface area contributed by atoms with E-state index in [2.05, 4.69) is 37.8 Å². The van der Waals surface area contributed by atoms with Crippen molar-refractivity contribution in [3.05, 3.63) is 60.3 Å². The van der Waals surface area contributed by atoms with Crippen molar-refractivity contribution >= 4 is 0 Å². The fourth-order valence-corrected chi connectivity index (χ4v) is 0.751. The SMILES string of the molecule is C=C\C=C/C(/C=C/C(C)=C/C)=C\C.CC.CC. The zero-order valence-electron chi connectivity index (χ0n) is 12.7. The van der Waals surface area contributed by atoms with Crippen molar-refractivity contribution in [3.63, 3.8) is 0 Å². The first-order valence-corrected chi connectivity index (χ1v) is 6.51. The Kier molecular flexibility index (Phi) is 24.9. The molecule has 17 heavy (non-hydrogen) atoms. The maximum absolute atomic E-state index is 3.63. The highest BCUT2D eigenvalue weighted by molar-refractivity contribution is 5.34. The lowest BCUT2D eigenvalue weighted by molar-refractivity contribution is 1.46. The summed E-state index contributed by atoms with van der Waals surface area (Å²) in [5, 5.41) is 0. The third-order valence-electron chi connectivity index (χ3n) is 1.75. The number of hydrogen-bond donors (Lipinski definition) is 0. The van der Waals surface area contributed by atoms with Crippen LogP contribution < -0.4 is 0 Å². The molecule has 0 aromatic heterocycles. The minimum atomic E-state index is 1.20. The summed E-state index contributed by atoms with van der Waals surface area (Å²) in [6, 6.07) is 0. The summed E-state index contributed by atoms with van der Waals surface area (Å²) in [5.41, 5.74) is 2.47. The molecule has 0 radical (unpaired) electrons. The highest BCUT2D eigenvalue weighted by Gasteiger charge is 1.82. The maximum atomic E-state index is 3.63. The Morgan fingerprint density at radius 2 is 1.35 bits per heavy atom. The van der Waals surface area contributed by atoms with Gasteiger partial charge in [-0.25, -0.2) is 0 Å². The van der Waals surface area contributed by atoms with Crippen molar-refractivity contribution in [3.8, 4) is 0 Å². The van der Waals surface area contributed by atoms with Gasteiger partial charge in [0.05, 0.1) is 0 Å². The second-order valence-electron chi connectivity index (χ2n) is 2.75. The summed E-state index contributed by atoms with van der Waals surface area (Å²) in [4.78, 5) is 0. The molecule has 0 amide bonds. The van der Waals surface area contributed by atoms with Crippen LogP contribution >= 0.6 is 0 Å². The largest absolute Gasteiger partial charge is 0.0991 e. The summed E-state index contributed by atoms with van der Waals surface area (Å²) in [6.07, 6.45) is 14.1. The number of rotatable bonds is 4. The van der Waals surface area contributed by atoms with Gasteiger partial charge in [0.2, 0.25) is 0 Å². The zero-order valence-corrected chi connectivity index (χ0v) is 12.7. The van der Waals surface area contributed by atoms with Gasteiger partial charge in [-0.1, -0.05) is 82.4 Å². The van der Waals surface area contributed by atoms with Gasteiger partial charge in [0.1, 0.15) is 0 Å². The first-order valence-electron chi connectivity index (χ1n) is 6.51. The molecule has 0 aliphatic carbocycles. The summed E-state index contributed by atoms with van der Waals surface area (Å²) in [5.74, 6) is 0. The van der Waals surface area contributed by atoms with E-state index in [0.717, 1.165) is 0 Å². The van der Waals surface area contributed by atoms with E-state index < -0.39 is 0 Å². The molecule has 98 valence electrons. The highest BCUT2D eigenvalue weighted by atomic mass is 13.9. The molecule has 0 unspecified atom stereocenters. The lowest BCUT2D eigenvalue weighted by Crippen LogP contribution is -1.71. The fraction of sp³-hybridized carbons (Fsp3) is 0.412. The van der Waals surface area contributed by atoms with Crippen molar-refractivity contribution in [1.82, 2.24) is 0 Å². The molecule has 0 fully saturated rings. The van der Waals surface area contributed by atoms with E-state index in [-0.39, 0.29) is 0 Å². The van der Waals surface area contributed by atoms with Crippen LogP contribution in [0.4, 0.5) is 0 Å².